The summed E-state index contributed by atoms with van der Waals surface area (Å²) in [5, 5.41) is 21.0. The van der Waals surface area contributed by atoms with Gasteiger partial charge in [0.05, 0.1) is 16.9 Å². The van der Waals surface area contributed by atoms with Crippen LogP contribution in [0.25, 0.3) is 0 Å². The Morgan fingerprint density at radius 2 is 1.85 bits per heavy atom. The number of carbonyl (C=O) groups is 1. The molecular formula is C15H14N4O6S2. The van der Waals surface area contributed by atoms with Gasteiger partial charge in [0.25, 0.3) is 5.91 Å². The van der Waals surface area contributed by atoms with Gasteiger partial charge in [-0.25, -0.2) is 13.6 Å². The molecule has 142 valence electrons. The predicted octanol–water partition coefficient (Wildman–Crippen LogP) is 1.38. The number of nitrogens with two attached hydrogens (primary N) is 1. The maximum absolute atomic E-state index is 12.2. The minimum atomic E-state index is -3.82. The number of nitro benzene ring substituents is 1. The first-order valence-electron chi connectivity index (χ1n) is 7.19. The number of rotatable bonds is 5. The lowest BCUT2D eigenvalue weighted by molar-refractivity contribution is -0.385. The first-order valence-corrected chi connectivity index (χ1v) is 9.15. The van der Waals surface area contributed by atoms with Gasteiger partial charge in [-0.1, -0.05) is 0 Å². The molecule has 0 unspecified atom stereocenters. The number of anilines is 1. The number of ether oxygens (including phenoxy) is 1. The van der Waals surface area contributed by atoms with E-state index in [1.165, 1.54) is 43.5 Å². The summed E-state index contributed by atoms with van der Waals surface area (Å²) >= 11 is 5.01. The van der Waals surface area contributed by atoms with E-state index in [1.54, 1.807) is 0 Å². The van der Waals surface area contributed by atoms with E-state index >= 15 is 0 Å². The second-order valence-corrected chi connectivity index (χ2v) is 7.09. The minimum absolute atomic E-state index is 0.0104. The van der Waals surface area contributed by atoms with Crippen LogP contribution in [0.3, 0.4) is 0 Å². The van der Waals surface area contributed by atoms with E-state index in [-0.39, 0.29) is 27.0 Å². The van der Waals surface area contributed by atoms with Crippen LogP contribution >= 0.6 is 12.2 Å². The normalized spacial score (nSPS) is 10.7. The Balaban J connectivity index is 2.08. The van der Waals surface area contributed by atoms with Gasteiger partial charge in [0.2, 0.25) is 10.0 Å². The average Bonchev–Trinajstić information content (AvgIpc) is 2.60. The molecule has 0 fully saturated rings. The highest BCUT2D eigenvalue weighted by molar-refractivity contribution is 7.89. The number of amides is 1. The number of thiocarbonyl (C=S) groups is 1. The molecule has 0 bridgehead atoms. The van der Waals surface area contributed by atoms with Crippen molar-refractivity contribution in [1.29, 1.82) is 0 Å². The summed E-state index contributed by atoms with van der Waals surface area (Å²) in [5.74, 6) is -0.647. The van der Waals surface area contributed by atoms with Crippen molar-refractivity contribution in [2.24, 2.45) is 5.14 Å². The Bertz CT molecular complexity index is 1010. The third kappa shape index (κ3) is 5.20. The summed E-state index contributed by atoms with van der Waals surface area (Å²) in [6.07, 6.45) is 0. The lowest BCUT2D eigenvalue weighted by atomic mass is 10.2. The number of benzene rings is 2. The van der Waals surface area contributed by atoms with Crippen molar-refractivity contribution < 1.29 is 22.9 Å². The van der Waals surface area contributed by atoms with E-state index in [1.807, 2.05) is 0 Å². The van der Waals surface area contributed by atoms with Gasteiger partial charge in [-0.15, -0.1) is 0 Å². The van der Waals surface area contributed by atoms with Crippen LogP contribution in [0.5, 0.6) is 5.75 Å². The molecule has 0 atom stereocenters. The number of hydrogen-bond donors (Lipinski definition) is 3. The molecule has 2 rings (SSSR count). The summed E-state index contributed by atoms with van der Waals surface area (Å²) in [6.45, 7) is 0. The highest BCUT2D eigenvalue weighted by Gasteiger charge is 2.18. The van der Waals surface area contributed by atoms with Gasteiger partial charge < -0.3 is 10.1 Å². The molecule has 1 amide bonds. The quantitative estimate of drug-likeness (QED) is 0.379. The lowest BCUT2D eigenvalue weighted by Gasteiger charge is -2.10. The number of nitrogens with one attached hydrogen (secondary N) is 2. The summed E-state index contributed by atoms with van der Waals surface area (Å²) in [5.41, 5.74) is 0.0623. The molecule has 27 heavy (non-hydrogen) atoms. The maximum Gasteiger partial charge on any atom is 0.311 e. The Morgan fingerprint density at radius 1 is 1.22 bits per heavy atom. The number of sulfonamides is 1. The highest BCUT2D eigenvalue weighted by Crippen LogP contribution is 2.27. The molecule has 2 aromatic rings. The zero-order chi connectivity index (χ0) is 20.2. The molecule has 0 saturated heterocycles. The van der Waals surface area contributed by atoms with Gasteiger partial charge in [0, 0.05) is 17.3 Å². The Hall–Kier alpha value is -3.09. The van der Waals surface area contributed by atoms with Crippen LogP contribution in [0.1, 0.15) is 10.4 Å². The van der Waals surface area contributed by atoms with Crippen molar-refractivity contribution in [3.05, 3.63) is 58.1 Å². The molecule has 0 saturated carbocycles. The van der Waals surface area contributed by atoms with Crippen LogP contribution < -0.4 is 20.5 Å². The summed E-state index contributed by atoms with van der Waals surface area (Å²) < 4.78 is 27.3. The zero-order valence-corrected chi connectivity index (χ0v) is 15.5. The topological polar surface area (TPSA) is 154 Å². The van der Waals surface area contributed by atoms with E-state index in [0.717, 1.165) is 6.07 Å². The molecular weight excluding hydrogens is 396 g/mol. The second-order valence-electron chi connectivity index (χ2n) is 5.12. The van der Waals surface area contributed by atoms with Crippen LogP contribution in [-0.4, -0.2) is 31.5 Å². The van der Waals surface area contributed by atoms with Crippen LogP contribution in [0.2, 0.25) is 0 Å². The molecule has 4 N–H and O–H groups in total. The van der Waals surface area contributed by atoms with Crippen LogP contribution in [0.15, 0.2) is 47.4 Å². The minimum Gasteiger partial charge on any atom is -0.490 e. The zero-order valence-electron chi connectivity index (χ0n) is 13.8. The Labute approximate surface area is 159 Å². The standard InChI is InChI=1S/C15H14N4O6S2/c1-25-13-7-2-9(8-12(13)19(21)22)14(20)18-15(26)17-10-3-5-11(6-4-10)27(16,23)24/h2-8H,1H3,(H2,16,23,24)(H2,17,18,20,26). The third-order valence-electron chi connectivity index (χ3n) is 3.31. The van der Waals surface area contributed by atoms with Crippen LogP contribution in [-0.2, 0) is 10.0 Å². The number of hydrogen-bond acceptors (Lipinski definition) is 7. The molecule has 0 aliphatic heterocycles. The highest BCUT2D eigenvalue weighted by atomic mass is 32.2. The van der Waals surface area contributed by atoms with E-state index < -0.39 is 20.9 Å². The molecule has 10 nitrogen and oxygen atoms in total. The fraction of sp³-hybridized carbons (Fsp3) is 0.0667. The Kier molecular flexibility index (Phi) is 6.05. The summed E-state index contributed by atoms with van der Waals surface area (Å²) in [7, 11) is -2.54. The number of carbonyl (C=O) groups excluding carboxylic acids is 1. The van der Waals surface area contributed by atoms with Gasteiger partial charge in [0.15, 0.2) is 10.9 Å². The maximum atomic E-state index is 12.2. The SMILES string of the molecule is COc1ccc(C(=O)NC(=S)Nc2ccc(S(N)(=O)=O)cc2)cc1[N+](=O)[O-]. The first-order chi connectivity index (χ1) is 12.6. The van der Waals surface area contributed by atoms with Crippen molar-refractivity contribution in [1.82, 2.24) is 5.32 Å². The van der Waals surface area contributed by atoms with E-state index in [4.69, 9.17) is 22.1 Å². The fourth-order valence-corrected chi connectivity index (χ4v) is 2.77. The lowest BCUT2D eigenvalue weighted by Crippen LogP contribution is -2.34. The van der Waals surface area contributed by atoms with Crippen molar-refractivity contribution in [2.75, 3.05) is 12.4 Å². The van der Waals surface area contributed by atoms with Gasteiger partial charge >= 0.3 is 5.69 Å². The number of methoxy groups -OCH3 is 1. The average molecular weight is 410 g/mol. The third-order valence-corrected chi connectivity index (χ3v) is 4.44. The molecule has 2 aromatic carbocycles. The largest absolute Gasteiger partial charge is 0.490 e. The van der Waals surface area contributed by atoms with E-state index in [0.29, 0.717) is 5.69 Å². The number of nitro groups is 1. The molecule has 0 radical (unpaired) electrons. The van der Waals surface area contributed by atoms with Crippen LogP contribution in [0, 0.1) is 10.1 Å². The van der Waals surface area contributed by atoms with Crippen molar-refractivity contribution in [3.63, 3.8) is 0 Å². The summed E-state index contributed by atoms with van der Waals surface area (Å²) in [6, 6.07) is 9.09. The first kappa shape index (κ1) is 20.2. The number of nitrogens with zero attached hydrogens (tertiary/aromatic N) is 1. The van der Waals surface area contributed by atoms with Gasteiger partial charge in [0.1, 0.15) is 0 Å². The van der Waals surface area contributed by atoms with Crippen molar-refractivity contribution >= 4 is 44.6 Å². The fourth-order valence-electron chi connectivity index (χ4n) is 2.04. The van der Waals surface area contributed by atoms with E-state index in [2.05, 4.69) is 10.6 Å². The molecule has 0 aromatic heterocycles. The van der Waals surface area contributed by atoms with Gasteiger partial charge in [-0.2, -0.15) is 0 Å². The monoisotopic (exact) mass is 410 g/mol. The molecule has 0 aliphatic rings. The van der Waals surface area contributed by atoms with Gasteiger partial charge in [-0.3, -0.25) is 20.2 Å². The molecule has 0 heterocycles. The second kappa shape index (κ2) is 8.07. The van der Waals surface area contributed by atoms with E-state index in [9.17, 15) is 23.3 Å². The number of primary sulfonamides is 1. The van der Waals surface area contributed by atoms with Crippen LogP contribution in [0.4, 0.5) is 11.4 Å². The van der Waals surface area contributed by atoms with Crippen molar-refractivity contribution in [2.45, 2.75) is 4.90 Å². The molecule has 0 spiro atoms. The Morgan fingerprint density at radius 3 is 2.37 bits per heavy atom. The summed E-state index contributed by atoms with van der Waals surface area (Å²) in [4.78, 5) is 22.5. The van der Waals surface area contributed by atoms with Gasteiger partial charge in [-0.05, 0) is 48.6 Å². The molecule has 12 heteroatoms. The van der Waals surface area contributed by atoms with Crippen molar-refractivity contribution in [3.8, 4) is 5.75 Å². The molecule has 0 aliphatic carbocycles. The smallest absolute Gasteiger partial charge is 0.311 e. The predicted molar refractivity (Wildman–Crippen MR) is 101 cm³/mol.